The van der Waals surface area contributed by atoms with E-state index >= 15 is 0 Å². The highest BCUT2D eigenvalue weighted by Crippen LogP contribution is 2.41. The second kappa shape index (κ2) is 8.28. The van der Waals surface area contributed by atoms with E-state index in [2.05, 4.69) is 10.1 Å². The maximum atomic E-state index is 13.4. The van der Waals surface area contributed by atoms with Gasteiger partial charge in [0.2, 0.25) is 5.95 Å². The van der Waals surface area contributed by atoms with Gasteiger partial charge in [-0.15, -0.1) is 0 Å². The van der Waals surface area contributed by atoms with Crippen LogP contribution < -0.4 is 10.5 Å². The fourth-order valence-corrected chi connectivity index (χ4v) is 5.19. The summed E-state index contributed by atoms with van der Waals surface area (Å²) in [6.45, 7) is 8.25. The third kappa shape index (κ3) is 4.21. The monoisotopic (exact) mass is 480 g/mol. The molecule has 1 spiro atoms. The number of hydrogen-bond acceptors (Lipinski definition) is 7. The lowest BCUT2D eigenvalue weighted by Gasteiger charge is -2.39. The summed E-state index contributed by atoms with van der Waals surface area (Å²) in [5.74, 6) is 0.687. The molecule has 0 atom stereocenters. The molecule has 4 heterocycles. The topological polar surface area (TPSA) is 115 Å². The molecular weight excluding hydrogens is 448 g/mol. The molecule has 0 aliphatic carbocycles. The van der Waals surface area contributed by atoms with Gasteiger partial charge in [0.25, 0.3) is 5.91 Å². The van der Waals surface area contributed by atoms with Gasteiger partial charge < -0.3 is 25.0 Å². The highest BCUT2D eigenvalue weighted by Gasteiger charge is 2.44. The van der Waals surface area contributed by atoms with E-state index < -0.39 is 5.60 Å². The molecule has 5 rings (SSSR count). The van der Waals surface area contributed by atoms with Crippen LogP contribution in [0.1, 0.15) is 50.5 Å². The minimum absolute atomic E-state index is 0.0354. The first-order valence-corrected chi connectivity index (χ1v) is 12.0. The fourth-order valence-electron chi connectivity index (χ4n) is 5.19. The van der Waals surface area contributed by atoms with Crippen LogP contribution >= 0.6 is 0 Å². The Kier molecular flexibility index (Phi) is 5.49. The molecule has 0 unspecified atom stereocenters. The second-order valence-electron chi connectivity index (χ2n) is 10.6. The number of hydrogen-bond donors (Lipinski definition) is 1. The molecule has 2 aromatic heterocycles. The van der Waals surface area contributed by atoms with Crippen LogP contribution in [-0.2, 0) is 4.74 Å². The molecule has 0 bridgehead atoms. The normalized spacial score (nSPS) is 17.9. The number of aromatic nitrogens is 3. The molecule has 35 heavy (non-hydrogen) atoms. The molecule has 2 saturated heterocycles. The van der Waals surface area contributed by atoms with Crippen LogP contribution in [0.4, 0.5) is 10.7 Å². The summed E-state index contributed by atoms with van der Waals surface area (Å²) < 4.78 is 12.5. The first-order chi connectivity index (χ1) is 16.6. The van der Waals surface area contributed by atoms with E-state index in [1.807, 2.05) is 43.9 Å². The molecule has 186 valence electrons. The zero-order valence-corrected chi connectivity index (χ0v) is 20.7. The molecule has 10 nitrogen and oxygen atoms in total. The zero-order valence-electron chi connectivity index (χ0n) is 20.7. The number of fused-ring (bicyclic) bond motifs is 3. The van der Waals surface area contributed by atoms with E-state index in [0.717, 1.165) is 24.6 Å². The number of ether oxygens (including phenoxy) is 2. The Labute approximate surface area is 204 Å². The lowest BCUT2D eigenvalue weighted by molar-refractivity contribution is 0.0242. The van der Waals surface area contributed by atoms with Crippen molar-refractivity contribution in [1.29, 1.82) is 0 Å². The van der Waals surface area contributed by atoms with Crippen molar-refractivity contribution < 1.29 is 19.1 Å². The summed E-state index contributed by atoms with van der Waals surface area (Å²) >= 11 is 0. The third-order valence-electron chi connectivity index (χ3n) is 7.07. The highest BCUT2D eigenvalue weighted by molar-refractivity contribution is 6.01. The van der Waals surface area contributed by atoms with Gasteiger partial charge in [-0.05, 0) is 57.6 Å². The lowest BCUT2D eigenvalue weighted by atomic mass is 9.77. The number of piperidine rings is 1. The van der Waals surface area contributed by atoms with Gasteiger partial charge in [0, 0.05) is 31.6 Å². The van der Waals surface area contributed by atoms with Crippen molar-refractivity contribution in [3.8, 4) is 5.75 Å². The Morgan fingerprint density at radius 2 is 1.77 bits per heavy atom. The Bertz CT molecular complexity index is 1300. The van der Waals surface area contributed by atoms with Crippen molar-refractivity contribution in [2.75, 3.05) is 39.0 Å². The molecular formula is C25H32N6O4. The number of rotatable bonds is 2. The number of methoxy groups -OCH3 is 1. The summed E-state index contributed by atoms with van der Waals surface area (Å²) in [4.78, 5) is 33.9. The first-order valence-electron chi connectivity index (χ1n) is 12.0. The van der Waals surface area contributed by atoms with Crippen LogP contribution in [0, 0.1) is 5.41 Å². The van der Waals surface area contributed by atoms with E-state index in [0.29, 0.717) is 48.7 Å². The fraction of sp³-hybridized carbons (Fsp3) is 0.520. The minimum atomic E-state index is -0.508. The predicted octanol–water partition coefficient (Wildman–Crippen LogP) is 3.34. The Morgan fingerprint density at radius 3 is 2.43 bits per heavy atom. The predicted molar refractivity (Wildman–Crippen MR) is 131 cm³/mol. The first kappa shape index (κ1) is 23.2. The molecule has 2 N–H and O–H groups in total. The maximum Gasteiger partial charge on any atom is 0.410 e. The molecule has 2 fully saturated rings. The number of nitrogens with zero attached hydrogens (tertiary/aromatic N) is 5. The van der Waals surface area contributed by atoms with Gasteiger partial charge in [0.05, 0.1) is 12.6 Å². The molecule has 10 heteroatoms. The average molecular weight is 481 g/mol. The van der Waals surface area contributed by atoms with Gasteiger partial charge in [-0.2, -0.15) is 9.61 Å². The number of carbonyl (C=O) groups is 2. The van der Waals surface area contributed by atoms with Crippen LogP contribution in [0.15, 0.2) is 24.3 Å². The van der Waals surface area contributed by atoms with Crippen molar-refractivity contribution >= 4 is 34.4 Å². The highest BCUT2D eigenvalue weighted by atomic mass is 16.6. The number of nitrogens with two attached hydrogens (primary N) is 1. The largest absolute Gasteiger partial charge is 0.494 e. The lowest BCUT2D eigenvalue weighted by Crippen LogP contribution is -2.45. The van der Waals surface area contributed by atoms with Gasteiger partial charge in [-0.25, -0.2) is 9.78 Å². The zero-order chi connectivity index (χ0) is 25.0. The van der Waals surface area contributed by atoms with Crippen molar-refractivity contribution in [1.82, 2.24) is 24.4 Å². The third-order valence-corrected chi connectivity index (χ3v) is 7.07. The van der Waals surface area contributed by atoms with E-state index in [1.54, 1.807) is 18.1 Å². The number of likely N-dealkylation sites (tertiary alicyclic amines) is 2. The van der Waals surface area contributed by atoms with E-state index in [1.165, 1.54) is 4.52 Å². The standard InChI is InChI=1S/C25H32N6O4/c1-24(2,3)35-23(33)30-13-10-25(15-30)8-11-29(12-9-25)21(32)17-14-18-16-6-5-7-19(34-4)20(16)27-22(26)31(18)28-17/h5-7,14H,8-13,15H2,1-4H3,(H2,26,27). The Balaban J connectivity index is 1.31. The van der Waals surface area contributed by atoms with E-state index in [9.17, 15) is 9.59 Å². The summed E-state index contributed by atoms with van der Waals surface area (Å²) in [7, 11) is 1.59. The smallest absolute Gasteiger partial charge is 0.410 e. The summed E-state index contributed by atoms with van der Waals surface area (Å²) in [5, 5.41) is 5.29. The van der Waals surface area contributed by atoms with Gasteiger partial charge >= 0.3 is 6.09 Å². The Morgan fingerprint density at radius 1 is 1.09 bits per heavy atom. The number of nitrogen functional groups attached to an aromatic ring is 1. The molecule has 0 radical (unpaired) electrons. The van der Waals surface area contributed by atoms with Gasteiger partial charge in [-0.3, -0.25) is 4.79 Å². The van der Waals surface area contributed by atoms with Gasteiger partial charge in [-0.1, -0.05) is 12.1 Å². The molecule has 3 aromatic rings. The van der Waals surface area contributed by atoms with Crippen molar-refractivity contribution in [3.63, 3.8) is 0 Å². The number of anilines is 1. The summed E-state index contributed by atoms with van der Waals surface area (Å²) in [6.07, 6.45) is 2.36. The molecule has 2 amide bonds. The van der Waals surface area contributed by atoms with E-state index in [4.69, 9.17) is 15.2 Å². The number of para-hydroxylation sites is 1. The van der Waals surface area contributed by atoms with Crippen LogP contribution in [0.5, 0.6) is 5.75 Å². The molecule has 2 aliphatic rings. The second-order valence-corrected chi connectivity index (χ2v) is 10.6. The number of carbonyl (C=O) groups excluding carboxylic acids is 2. The number of benzene rings is 1. The van der Waals surface area contributed by atoms with E-state index in [-0.39, 0.29) is 23.4 Å². The van der Waals surface area contributed by atoms with Crippen LogP contribution in [0.3, 0.4) is 0 Å². The van der Waals surface area contributed by atoms with Gasteiger partial charge in [0.1, 0.15) is 16.9 Å². The van der Waals surface area contributed by atoms with Crippen LogP contribution in [-0.4, -0.2) is 75.3 Å². The van der Waals surface area contributed by atoms with Crippen molar-refractivity contribution in [2.45, 2.75) is 45.6 Å². The average Bonchev–Trinajstić information content (AvgIpc) is 3.44. The Hall–Kier alpha value is -3.56. The minimum Gasteiger partial charge on any atom is -0.494 e. The van der Waals surface area contributed by atoms with Gasteiger partial charge in [0.15, 0.2) is 5.69 Å². The maximum absolute atomic E-state index is 13.4. The summed E-state index contributed by atoms with van der Waals surface area (Å²) in [5.41, 5.74) is 7.37. The quantitative estimate of drug-likeness (QED) is 0.598. The SMILES string of the molecule is COc1cccc2c1nc(N)n1nc(C(=O)N3CCC4(CCN(C(=O)OC(C)(C)C)C4)CC3)cc21. The van der Waals surface area contributed by atoms with Crippen molar-refractivity contribution in [2.24, 2.45) is 5.41 Å². The van der Waals surface area contributed by atoms with Crippen molar-refractivity contribution in [3.05, 3.63) is 30.0 Å². The van der Waals surface area contributed by atoms with Crippen LogP contribution in [0.2, 0.25) is 0 Å². The molecule has 2 aliphatic heterocycles. The molecule has 1 aromatic carbocycles. The van der Waals surface area contributed by atoms with Crippen LogP contribution in [0.25, 0.3) is 16.4 Å². The molecule has 0 saturated carbocycles. The summed E-state index contributed by atoms with van der Waals surface area (Å²) in [6, 6.07) is 7.38. The number of amides is 2.